The van der Waals surface area contributed by atoms with Crippen LogP contribution in [0.4, 0.5) is 0 Å². The molecule has 1 aromatic rings. The molecule has 0 heterocycles. The molecule has 0 saturated carbocycles. The van der Waals surface area contributed by atoms with Crippen LogP contribution in [0.3, 0.4) is 0 Å². The monoisotopic (exact) mass is 221 g/mol. The third-order valence-corrected chi connectivity index (χ3v) is 2.42. The van der Waals surface area contributed by atoms with Gasteiger partial charge in [0.05, 0.1) is 0 Å². The molecule has 0 spiro atoms. The molecule has 16 heavy (non-hydrogen) atoms. The van der Waals surface area contributed by atoms with E-state index in [-0.39, 0.29) is 0 Å². The van der Waals surface area contributed by atoms with Gasteiger partial charge >= 0.3 is 5.97 Å². The molecule has 0 bridgehead atoms. The molecule has 0 aliphatic heterocycles. The Hall–Kier alpha value is -1.84. The van der Waals surface area contributed by atoms with E-state index in [0.29, 0.717) is 17.9 Å². The van der Waals surface area contributed by atoms with Gasteiger partial charge in [0.25, 0.3) is 0 Å². The van der Waals surface area contributed by atoms with E-state index in [0.717, 1.165) is 5.56 Å². The van der Waals surface area contributed by atoms with E-state index in [1.54, 1.807) is 12.1 Å². The quantitative estimate of drug-likeness (QED) is 0.743. The van der Waals surface area contributed by atoms with Gasteiger partial charge in [-0.25, -0.2) is 4.79 Å². The number of aliphatic carboxylic acids is 1. The Morgan fingerprint density at radius 1 is 1.25 bits per heavy atom. The zero-order valence-electron chi connectivity index (χ0n) is 9.31. The second-order valence-electron chi connectivity index (χ2n) is 3.88. The fraction of sp³-hybridized carbons (Fsp3) is 0.333. The lowest BCUT2D eigenvalue weighted by atomic mass is 9.99. The lowest BCUT2D eigenvalue weighted by molar-refractivity contribution is -0.140. The molecule has 1 atom stereocenters. The molecule has 0 saturated heterocycles. The molecular weight excluding hydrogens is 206 g/mol. The summed E-state index contributed by atoms with van der Waals surface area (Å²) in [6, 6.07) is 6.24. The largest absolute Gasteiger partial charge is 0.479 e. The first-order valence-corrected chi connectivity index (χ1v) is 5.08. The van der Waals surface area contributed by atoms with E-state index in [1.165, 1.54) is 0 Å². The van der Waals surface area contributed by atoms with Crippen molar-refractivity contribution < 1.29 is 14.7 Å². The highest BCUT2D eigenvalue weighted by Crippen LogP contribution is 2.18. The first-order valence-electron chi connectivity index (χ1n) is 5.08. The molecule has 2 N–H and O–H groups in total. The van der Waals surface area contributed by atoms with Crippen LogP contribution in [-0.4, -0.2) is 17.5 Å². The summed E-state index contributed by atoms with van der Waals surface area (Å²) in [7, 11) is 0. The minimum absolute atomic E-state index is 0.398. The molecule has 1 aromatic carbocycles. The van der Waals surface area contributed by atoms with Gasteiger partial charge in [-0.3, -0.25) is 4.79 Å². The summed E-state index contributed by atoms with van der Waals surface area (Å²) < 4.78 is 0. The third-order valence-electron chi connectivity index (χ3n) is 2.42. The highest BCUT2D eigenvalue weighted by Gasteiger charge is 2.18. The van der Waals surface area contributed by atoms with Gasteiger partial charge in [-0.05, 0) is 17.0 Å². The van der Waals surface area contributed by atoms with Crippen LogP contribution in [0.1, 0.15) is 36.9 Å². The van der Waals surface area contributed by atoms with E-state index in [4.69, 9.17) is 5.11 Å². The average Bonchev–Trinajstić information content (AvgIpc) is 2.25. The number of rotatable bonds is 5. The highest BCUT2D eigenvalue weighted by atomic mass is 16.4. The van der Waals surface area contributed by atoms with Gasteiger partial charge in [-0.15, -0.1) is 0 Å². The van der Waals surface area contributed by atoms with Gasteiger partial charge in [0, 0.05) is 0 Å². The molecule has 0 fully saturated rings. The van der Waals surface area contributed by atoms with Crippen molar-refractivity contribution in [2.75, 3.05) is 0 Å². The van der Waals surface area contributed by atoms with Crippen LogP contribution < -0.4 is 5.32 Å². The van der Waals surface area contributed by atoms with Gasteiger partial charge < -0.3 is 10.4 Å². The Labute approximate surface area is 94.3 Å². The highest BCUT2D eigenvalue weighted by molar-refractivity contribution is 5.78. The number of carboxylic acid groups (broad SMARTS) is 1. The van der Waals surface area contributed by atoms with Crippen molar-refractivity contribution in [1.82, 2.24) is 5.32 Å². The molecule has 0 radical (unpaired) electrons. The molecule has 0 aromatic heterocycles. The number of amides is 1. The van der Waals surface area contributed by atoms with Crippen LogP contribution in [0, 0.1) is 0 Å². The minimum atomic E-state index is -1.07. The molecular formula is C12H15NO3. The maximum Gasteiger partial charge on any atom is 0.330 e. The number of carboxylic acids is 1. The zero-order valence-corrected chi connectivity index (χ0v) is 9.31. The maximum atomic E-state index is 10.9. The lowest BCUT2D eigenvalue weighted by Gasteiger charge is -2.12. The topological polar surface area (TPSA) is 66.4 Å². The van der Waals surface area contributed by atoms with Crippen LogP contribution in [0.25, 0.3) is 0 Å². The van der Waals surface area contributed by atoms with E-state index >= 15 is 0 Å². The Morgan fingerprint density at radius 3 is 2.12 bits per heavy atom. The van der Waals surface area contributed by atoms with Crippen molar-refractivity contribution in [3.05, 3.63) is 35.4 Å². The molecule has 1 amide bonds. The van der Waals surface area contributed by atoms with Gasteiger partial charge in [0.15, 0.2) is 6.04 Å². The smallest absolute Gasteiger partial charge is 0.330 e. The van der Waals surface area contributed by atoms with Gasteiger partial charge in [0.2, 0.25) is 6.41 Å². The Balaban J connectivity index is 2.93. The van der Waals surface area contributed by atoms with Gasteiger partial charge in [-0.1, -0.05) is 38.1 Å². The standard InChI is InChI=1S/C12H15NO3/c1-8(2)9-3-5-10(6-4-9)11(12(15)16)13-7-14/h3-8,11H,1-2H3,(H,13,14)(H,15,16). The fourth-order valence-corrected chi connectivity index (χ4v) is 1.45. The van der Waals surface area contributed by atoms with Crippen LogP contribution in [0.5, 0.6) is 0 Å². The van der Waals surface area contributed by atoms with Gasteiger partial charge in [-0.2, -0.15) is 0 Å². The number of benzene rings is 1. The number of hydrogen-bond donors (Lipinski definition) is 2. The summed E-state index contributed by atoms with van der Waals surface area (Å²) in [5, 5.41) is 11.2. The summed E-state index contributed by atoms with van der Waals surface area (Å²) in [5.41, 5.74) is 1.71. The van der Waals surface area contributed by atoms with E-state index in [9.17, 15) is 9.59 Å². The van der Waals surface area contributed by atoms with E-state index in [2.05, 4.69) is 19.2 Å². The van der Waals surface area contributed by atoms with Crippen molar-refractivity contribution in [2.45, 2.75) is 25.8 Å². The second kappa shape index (κ2) is 5.30. The SMILES string of the molecule is CC(C)c1ccc(C(NC=O)C(=O)O)cc1. The second-order valence-corrected chi connectivity index (χ2v) is 3.88. The number of carbonyl (C=O) groups is 2. The molecule has 4 heteroatoms. The van der Waals surface area contributed by atoms with Gasteiger partial charge in [0.1, 0.15) is 0 Å². The molecule has 4 nitrogen and oxygen atoms in total. The minimum Gasteiger partial charge on any atom is -0.479 e. The molecule has 86 valence electrons. The Kier molecular flexibility index (Phi) is 4.05. The van der Waals surface area contributed by atoms with E-state index < -0.39 is 12.0 Å². The van der Waals surface area contributed by atoms with Crippen molar-refractivity contribution in [3.63, 3.8) is 0 Å². The summed E-state index contributed by atoms with van der Waals surface area (Å²) in [5.74, 6) is -0.666. The summed E-state index contributed by atoms with van der Waals surface area (Å²) in [4.78, 5) is 21.2. The van der Waals surface area contributed by atoms with Crippen LogP contribution >= 0.6 is 0 Å². The normalized spacial score (nSPS) is 12.2. The van der Waals surface area contributed by atoms with E-state index in [1.807, 2.05) is 12.1 Å². The number of hydrogen-bond acceptors (Lipinski definition) is 2. The first-order chi connectivity index (χ1) is 7.56. The maximum absolute atomic E-state index is 10.9. The number of carbonyl (C=O) groups excluding carboxylic acids is 1. The van der Waals surface area contributed by atoms with Crippen molar-refractivity contribution in [3.8, 4) is 0 Å². The summed E-state index contributed by atoms with van der Waals surface area (Å²) in [6.07, 6.45) is 0.398. The van der Waals surface area contributed by atoms with Crippen molar-refractivity contribution in [1.29, 1.82) is 0 Å². The Morgan fingerprint density at radius 2 is 1.75 bits per heavy atom. The summed E-state index contributed by atoms with van der Waals surface area (Å²) in [6.45, 7) is 4.13. The fourth-order valence-electron chi connectivity index (χ4n) is 1.45. The van der Waals surface area contributed by atoms with Crippen molar-refractivity contribution in [2.24, 2.45) is 0 Å². The molecule has 0 aliphatic rings. The Bertz CT molecular complexity index is 370. The average molecular weight is 221 g/mol. The predicted molar refractivity (Wildman–Crippen MR) is 60.1 cm³/mol. The summed E-state index contributed by atoms with van der Waals surface area (Å²) >= 11 is 0. The molecule has 0 aliphatic carbocycles. The molecule has 1 unspecified atom stereocenters. The zero-order chi connectivity index (χ0) is 12.1. The lowest BCUT2D eigenvalue weighted by Crippen LogP contribution is -2.27. The molecule has 1 rings (SSSR count). The number of nitrogens with one attached hydrogen (secondary N) is 1. The van der Waals surface area contributed by atoms with Crippen molar-refractivity contribution >= 4 is 12.4 Å². The first kappa shape index (κ1) is 12.2. The van der Waals surface area contributed by atoms with Crippen LogP contribution in [0.2, 0.25) is 0 Å². The predicted octanol–water partition coefficient (Wildman–Crippen LogP) is 1.68. The van der Waals surface area contributed by atoms with Crippen LogP contribution in [0.15, 0.2) is 24.3 Å². The third kappa shape index (κ3) is 2.82. The van der Waals surface area contributed by atoms with Crippen LogP contribution in [-0.2, 0) is 9.59 Å².